The third-order valence-electron chi connectivity index (χ3n) is 4.40. The van der Waals surface area contributed by atoms with Gasteiger partial charge >= 0.3 is 6.09 Å². The number of hydrogen-bond donors (Lipinski definition) is 1. The highest BCUT2D eigenvalue weighted by Gasteiger charge is 2.27. The summed E-state index contributed by atoms with van der Waals surface area (Å²) < 4.78 is 15.3. The van der Waals surface area contributed by atoms with E-state index in [4.69, 9.17) is 20.3 Å². The maximum atomic E-state index is 12.3. The lowest BCUT2D eigenvalue weighted by atomic mass is 10.0. The van der Waals surface area contributed by atoms with Crippen LogP contribution in [-0.2, 0) is 33.7 Å². The Bertz CT molecular complexity index is 924. The number of ether oxygens (including phenoxy) is 2. The van der Waals surface area contributed by atoms with Crippen LogP contribution in [0, 0.1) is 12.3 Å². The first-order valence-corrected chi connectivity index (χ1v) is 9.94. The number of methoxy groups -OCH3 is 1. The summed E-state index contributed by atoms with van der Waals surface area (Å²) in [5.74, 6) is 2.98. The number of nitrogens with one attached hydrogen (secondary N) is 1. The fourth-order valence-corrected chi connectivity index (χ4v) is 4.30. The number of hydrogen-bond acceptors (Lipinski definition) is 6. The van der Waals surface area contributed by atoms with Crippen molar-refractivity contribution in [1.82, 2.24) is 4.90 Å². The predicted molar refractivity (Wildman–Crippen MR) is 111 cm³/mol. The van der Waals surface area contributed by atoms with Crippen LogP contribution >= 0.6 is 11.3 Å². The molecule has 0 fully saturated rings. The molecule has 0 saturated heterocycles. The van der Waals surface area contributed by atoms with E-state index < -0.39 is 0 Å². The molecule has 8 heteroatoms. The van der Waals surface area contributed by atoms with E-state index in [0.29, 0.717) is 38.3 Å². The molecule has 2 aromatic heterocycles. The average molecular weight is 414 g/mol. The van der Waals surface area contributed by atoms with Crippen molar-refractivity contribution in [3.63, 3.8) is 0 Å². The highest BCUT2D eigenvalue weighted by Crippen LogP contribution is 2.37. The van der Waals surface area contributed by atoms with Gasteiger partial charge in [-0.15, -0.1) is 23.7 Å². The Morgan fingerprint density at radius 3 is 3.03 bits per heavy atom. The van der Waals surface area contributed by atoms with Crippen LogP contribution in [0.15, 0.2) is 28.9 Å². The number of anilines is 1. The molecule has 7 nitrogen and oxygen atoms in total. The minimum Gasteiger partial charge on any atom is -0.465 e. The summed E-state index contributed by atoms with van der Waals surface area (Å²) in [6.45, 7) is 1.55. The summed E-state index contributed by atoms with van der Waals surface area (Å²) in [5, 5.41) is 3.62. The number of carbonyl (C=O) groups is 2. The molecule has 1 N–H and O–H groups in total. The molecular weight excluding hydrogens is 392 g/mol. The molecule has 1 aliphatic heterocycles. The SMILES string of the molecule is C#CCc1c(NC(=O)/C=C/c2ccco2)sc2c1CCN(C(=O)OCCOC)C2. The molecule has 1 aliphatic rings. The largest absolute Gasteiger partial charge is 0.465 e. The number of amides is 2. The zero-order chi connectivity index (χ0) is 20.6. The molecule has 152 valence electrons. The number of furan rings is 1. The second-order valence-corrected chi connectivity index (χ2v) is 7.41. The molecular formula is C21H22N2O5S. The molecule has 29 heavy (non-hydrogen) atoms. The van der Waals surface area contributed by atoms with E-state index in [0.717, 1.165) is 21.0 Å². The summed E-state index contributed by atoms with van der Waals surface area (Å²) in [4.78, 5) is 27.2. The maximum absolute atomic E-state index is 12.3. The van der Waals surface area contributed by atoms with Gasteiger partial charge in [0.2, 0.25) is 5.91 Å². The number of nitrogens with zero attached hydrogens (tertiary/aromatic N) is 1. The lowest BCUT2D eigenvalue weighted by Gasteiger charge is -2.26. The van der Waals surface area contributed by atoms with Crippen molar-refractivity contribution in [1.29, 1.82) is 0 Å². The highest BCUT2D eigenvalue weighted by molar-refractivity contribution is 7.16. The summed E-state index contributed by atoms with van der Waals surface area (Å²) in [5.41, 5.74) is 2.05. The first-order valence-electron chi connectivity index (χ1n) is 9.12. The Kier molecular flexibility index (Phi) is 7.11. The van der Waals surface area contributed by atoms with Crippen LogP contribution in [0.5, 0.6) is 0 Å². The molecule has 0 bridgehead atoms. The summed E-state index contributed by atoms with van der Waals surface area (Å²) in [6, 6.07) is 3.51. The van der Waals surface area contributed by atoms with Crippen molar-refractivity contribution >= 4 is 34.4 Å². The van der Waals surface area contributed by atoms with Crippen molar-refractivity contribution in [2.75, 3.05) is 32.2 Å². The Morgan fingerprint density at radius 2 is 2.31 bits per heavy atom. The minimum atomic E-state index is -0.369. The smallest absolute Gasteiger partial charge is 0.410 e. The van der Waals surface area contributed by atoms with Gasteiger partial charge in [-0.2, -0.15) is 0 Å². The van der Waals surface area contributed by atoms with Crippen molar-refractivity contribution in [3.8, 4) is 12.3 Å². The van der Waals surface area contributed by atoms with E-state index in [2.05, 4.69) is 11.2 Å². The van der Waals surface area contributed by atoms with Gasteiger partial charge in [-0.05, 0) is 30.2 Å². The van der Waals surface area contributed by atoms with Crippen LogP contribution in [0.25, 0.3) is 6.08 Å². The summed E-state index contributed by atoms with van der Waals surface area (Å²) in [6.07, 6.45) is 10.8. The quantitative estimate of drug-likeness (QED) is 0.427. The van der Waals surface area contributed by atoms with E-state index in [1.54, 1.807) is 36.5 Å². The standard InChI is InChI=1S/C21H22N2O5S/c1-3-5-17-16-9-10-23(21(25)28-13-12-26-2)14-18(16)29-20(17)22-19(24)8-7-15-6-4-11-27-15/h1,4,6-8,11H,5,9-10,12-14H2,2H3,(H,22,24)/b8-7+. The minimum absolute atomic E-state index is 0.217. The number of terminal acetylenes is 1. The van der Waals surface area contributed by atoms with Crippen LogP contribution in [0.4, 0.5) is 9.80 Å². The van der Waals surface area contributed by atoms with Crippen LogP contribution in [0.1, 0.15) is 21.8 Å². The maximum Gasteiger partial charge on any atom is 0.410 e. The van der Waals surface area contributed by atoms with E-state index in [-0.39, 0.29) is 18.6 Å². The number of rotatable bonds is 7. The molecule has 0 atom stereocenters. The van der Waals surface area contributed by atoms with Gasteiger partial charge in [0.05, 0.1) is 24.4 Å². The van der Waals surface area contributed by atoms with Gasteiger partial charge in [0.25, 0.3) is 0 Å². The normalized spacial score (nSPS) is 13.2. The van der Waals surface area contributed by atoms with Gasteiger partial charge in [-0.1, -0.05) is 0 Å². The first-order chi connectivity index (χ1) is 14.1. The zero-order valence-corrected chi connectivity index (χ0v) is 16.9. The van der Waals surface area contributed by atoms with Gasteiger partial charge in [0.1, 0.15) is 12.4 Å². The highest BCUT2D eigenvalue weighted by atomic mass is 32.1. The Morgan fingerprint density at radius 1 is 1.45 bits per heavy atom. The Labute approximate surface area is 173 Å². The van der Waals surface area contributed by atoms with Crippen LogP contribution in [-0.4, -0.2) is 43.8 Å². The molecule has 3 rings (SSSR count). The van der Waals surface area contributed by atoms with E-state index in [1.807, 2.05) is 0 Å². The number of carbonyl (C=O) groups excluding carboxylic acids is 2. The third-order valence-corrected chi connectivity index (χ3v) is 5.57. The summed E-state index contributed by atoms with van der Waals surface area (Å²) >= 11 is 1.44. The summed E-state index contributed by atoms with van der Waals surface area (Å²) in [7, 11) is 1.55. The van der Waals surface area contributed by atoms with Crippen LogP contribution < -0.4 is 5.32 Å². The molecule has 2 aromatic rings. The van der Waals surface area contributed by atoms with Crippen molar-refractivity contribution in [3.05, 3.63) is 46.2 Å². The van der Waals surface area contributed by atoms with Crippen molar-refractivity contribution < 1.29 is 23.5 Å². The third kappa shape index (κ3) is 5.28. The van der Waals surface area contributed by atoms with Crippen molar-refractivity contribution in [2.24, 2.45) is 0 Å². The number of thiophene rings is 1. The van der Waals surface area contributed by atoms with Gasteiger partial charge in [0.15, 0.2) is 0 Å². The molecule has 0 aliphatic carbocycles. The monoisotopic (exact) mass is 414 g/mol. The van der Waals surface area contributed by atoms with Crippen LogP contribution in [0.2, 0.25) is 0 Å². The van der Waals surface area contributed by atoms with Crippen molar-refractivity contribution in [2.45, 2.75) is 19.4 Å². The molecule has 3 heterocycles. The lowest BCUT2D eigenvalue weighted by Crippen LogP contribution is -2.36. The Balaban J connectivity index is 1.71. The molecule has 0 saturated carbocycles. The van der Waals surface area contributed by atoms with E-state index >= 15 is 0 Å². The molecule has 0 spiro atoms. The lowest BCUT2D eigenvalue weighted by molar-refractivity contribution is -0.111. The average Bonchev–Trinajstić information content (AvgIpc) is 3.35. The predicted octanol–water partition coefficient (Wildman–Crippen LogP) is 3.31. The van der Waals surface area contributed by atoms with Gasteiger partial charge in [-0.25, -0.2) is 4.79 Å². The van der Waals surface area contributed by atoms with E-state index in [9.17, 15) is 9.59 Å². The first kappa shape index (κ1) is 20.7. The fourth-order valence-electron chi connectivity index (χ4n) is 3.02. The Hall–Kier alpha value is -3.02. The van der Waals surface area contributed by atoms with Gasteiger partial charge in [0, 0.05) is 36.6 Å². The second-order valence-electron chi connectivity index (χ2n) is 6.31. The number of fused-ring (bicyclic) bond motifs is 1. The molecule has 0 aromatic carbocycles. The van der Waals surface area contributed by atoms with Gasteiger partial charge in [-0.3, -0.25) is 4.79 Å². The molecule has 0 unspecified atom stereocenters. The van der Waals surface area contributed by atoms with Gasteiger partial charge < -0.3 is 24.1 Å². The zero-order valence-electron chi connectivity index (χ0n) is 16.1. The van der Waals surface area contributed by atoms with Crippen LogP contribution in [0.3, 0.4) is 0 Å². The molecule has 0 radical (unpaired) electrons. The molecule has 2 amide bonds. The van der Waals surface area contributed by atoms with E-state index in [1.165, 1.54) is 17.4 Å². The fraction of sp³-hybridized carbons (Fsp3) is 0.333. The topological polar surface area (TPSA) is 81.0 Å². The second kappa shape index (κ2) is 9.96.